The lowest BCUT2D eigenvalue weighted by molar-refractivity contribution is 0.574. The highest BCUT2D eigenvalue weighted by molar-refractivity contribution is 7.13. The van der Waals surface area contributed by atoms with Crippen molar-refractivity contribution in [2.24, 2.45) is 0 Å². The Bertz CT molecular complexity index is 726. The Hall–Kier alpha value is -2.28. The van der Waals surface area contributed by atoms with E-state index in [0.29, 0.717) is 30.2 Å². The lowest BCUT2D eigenvalue weighted by Gasteiger charge is -2.06. The number of nitrogens with zero attached hydrogens (tertiary/aromatic N) is 3. The number of rotatable bonds is 5. The summed E-state index contributed by atoms with van der Waals surface area (Å²) in [6.45, 7) is 2.19. The van der Waals surface area contributed by atoms with Gasteiger partial charge < -0.3 is 9.73 Å². The molecule has 0 atom stereocenters. The molecule has 0 aromatic carbocycles. The molecule has 0 radical (unpaired) electrons. The first-order valence-corrected chi connectivity index (χ1v) is 7.37. The van der Waals surface area contributed by atoms with Crippen molar-refractivity contribution in [3.8, 4) is 10.8 Å². The summed E-state index contributed by atoms with van der Waals surface area (Å²) >= 11 is 1.55. The normalized spacial score (nSPS) is 10.8. The molecule has 0 unspecified atom stereocenters. The van der Waals surface area contributed by atoms with Crippen molar-refractivity contribution >= 4 is 17.2 Å². The van der Waals surface area contributed by atoms with Gasteiger partial charge in [-0.05, 0) is 17.9 Å². The van der Waals surface area contributed by atoms with Crippen molar-refractivity contribution < 1.29 is 8.81 Å². The standard InChI is InChI=1S/C14H13FN4OS/c1-2-10-12(15)13(18-8-17-10)16-6-9-7-20-14(19-9)11-4-3-5-21-11/h3-5,7-8H,2,6H2,1H3,(H,16,17,18). The minimum atomic E-state index is -0.415. The minimum absolute atomic E-state index is 0.183. The zero-order chi connectivity index (χ0) is 14.7. The lowest BCUT2D eigenvalue weighted by atomic mass is 10.3. The lowest BCUT2D eigenvalue weighted by Crippen LogP contribution is -2.07. The van der Waals surface area contributed by atoms with Crippen LogP contribution in [0.25, 0.3) is 10.8 Å². The number of halogens is 1. The second-order valence-corrected chi connectivity index (χ2v) is 5.26. The molecule has 3 rings (SSSR count). The van der Waals surface area contributed by atoms with Crippen LogP contribution in [0, 0.1) is 5.82 Å². The predicted molar refractivity (Wildman–Crippen MR) is 78.5 cm³/mol. The third kappa shape index (κ3) is 2.92. The first kappa shape index (κ1) is 13.7. The molecule has 108 valence electrons. The van der Waals surface area contributed by atoms with Crippen molar-refractivity contribution in [2.75, 3.05) is 5.32 Å². The van der Waals surface area contributed by atoms with Crippen LogP contribution in [0.5, 0.6) is 0 Å². The van der Waals surface area contributed by atoms with E-state index in [1.807, 2.05) is 24.4 Å². The van der Waals surface area contributed by atoms with E-state index in [0.717, 1.165) is 4.88 Å². The summed E-state index contributed by atoms with van der Waals surface area (Å²) < 4.78 is 19.4. The fraction of sp³-hybridized carbons (Fsp3) is 0.214. The second-order valence-electron chi connectivity index (χ2n) is 4.31. The third-order valence-corrected chi connectivity index (χ3v) is 3.78. The molecule has 7 heteroatoms. The molecule has 21 heavy (non-hydrogen) atoms. The Morgan fingerprint density at radius 1 is 1.38 bits per heavy atom. The van der Waals surface area contributed by atoms with E-state index in [4.69, 9.17) is 4.42 Å². The van der Waals surface area contributed by atoms with Gasteiger partial charge in [0.05, 0.1) is 22.8 Å². The molecule has 1 N–H and O–H groups in total. The van der Waals surface area contributed by atoms with E-state index in [-0.39, 0.29) is 5.82 Å². The van der Waals surface area contributed by atoms with Crippen molar-refractivity contribution in [3.05, 3.63) is 47.3 Å². The molecule has 0 bridgehead atoms. The molecule has 3 aromatic rings. The van der Waals surface area contributed by atoms with E-state index in [1.165, 1.54) is 6.33 Å². The fourth-order valence-corrected chi connectivity index (χ4v) is 2.51. The van der Waals surface area contributed by atoms with Crippen molar-refractivity contribution in [1.29, 1.82) is 0 Å². The summed E-state index contributed by atoms with van der Waals surface area (Å²) in [7, 11) is 0. The molecule has 0 fully saturated rings. The van der Waals surface area contributed by atoms with Crippen LogP contribution >= 0.6 is 11.3 Å². The highest BCUT2D eigenvalue weighted by atomic mass is 32.1. The highest BCUT2D eigenvalue weighted by Crippen LogP contribution is 2.24. The topological polar surface area (TPSA) is 63.8 Å². The van der Waals surface area contributed by atoms with Crippen LogP contribution < -0.4 is 5.32 Å². The van der Waals surface area contributed by atoms with Gasteiger partial charge in [-0.3, -0.25) is 0 Å². The summed E-state index contributed by atoms with van der Waals surface area (Å²) in [5.74, 6) is 0.337. The Morgan fingerprint density at radius 2 is 2.29 bits per heavy atom. The molecule has 5 nitrogen and oxygen atoms in total. The number of aromatic nitrogens is 3. The molecule has 3 heterocycles. The van der Waals surface area contributed by atoms with Gasteiger partial charge in [0.15, 0.2) is 11.6 Å². The van der Waals surface area contributed by atoms with Crippen LogP contribution in [0.3, 0.4) is 0 Å². The van der Waals surface area contributed by atoms with Gasteiger partial charge in [0.1, 0.15) is 12.6 Å². The molecular formula is C14H13FN4OS. The van der Waals surface area contributed by atoms with Crippen LogP contribution in [0.2, 0.25) is 0 Å². The first-order valence-electron chi connectivity index (χ1n) is 6.49. The van der Waals surface area contributed by atoms with Crippen molar-refractivity contribution in [3.63, 3.8) is 0 Å². The van der Waals surface area contributed by atoms with Gasteiger partial charge in [-0.15, -0.1) is 11.3 Å². The Morgan fingerprint density at radius 3 is 3.05 bits per heavy atom. The zero-order valence-electron chi connectivity index (χ0n) is 11.3. The smallest absolute Gasteiger partial charge is 0.236 e. The van der Waals surface area contributed by atoms with Crippen LogP contribution in [-0.2, 0) is 13.0 Å². The van der Waals surface area contributed by atoms with Gasteiger partial charge in [0.25, 0.3) is 0 Å². The van der Waals surface area contributed by atoms with Crippen LogP contribution in [0.1, 0.15) is 18.3 Å². The zero-order valence-corrected chi connectivity index (χ0v) is 12.2. The van der Waals surface area contributed by atoms with E-state index < -0.39 is 5.82 Å². The number of anilines is 1. The average molecular weight is 304 g/mol. The number of oxazole rings is 1. The maximum Gasteiger partial charge on any atom is 0.236 e. The van der Waals surface area contributed by atoms with Crippen LogP contribution in [0.4, 0.5) is 10.2 Å². The molecule has 0 spiro atoms. The molecule has 3 aromatic heterocycles. The van der Waals surface area contributed by atoms with Crippen molar-refractivity contribution in [1.82, 2.24) is 15.0 Å². The van der Waals surface area contributed by atoms with E-state index in [9.17, 15) is 4.39 Å². The predicted octanol–water partition coefficient (Wildman–Crippen LogP) is 3.51. The Kier molecular flexibility index (Phi) is 3.92. The van der Waals surface area contributed by atoms with E-state index in [1.54, 1.807) is 17.6 Å². The molecule has 0 saturated heterocycles. The summed E-state index contributed by atoms with van der Waals surface area (Å²) in [5, 5.41) is 4.88. The van der Waals surface area contributed by atoms with E-state index in [2.05, 4.69) is 20.3 Å². The first-order chi connectivity index (χ1) is 10.3. The molecule has 0 amide bonds. The average Bonchev–Trinajstić information content (AvgIpc) is 3.17. The highest BCUT2D eigenvalue weighted by Gasteiger charge is 2.11. The quantitative estimate of drug-likeness (QED) is 0.781. The van der Waals surface area contributed by atoms with Gasteiger partial charge in [0, 0.05) is 0 Å². The molecule has 0 aliphatic rings. The van der Waals surface area contributed by atoms with Gasteiger partial charge in [0.2, 0.25) is 5.89 Å². The number of hydrogen-bond acceptors (Lipinski definition) is 6. The summed E-state index contributed by atoms with van der Waals surface area (Å²) in [4.78, 5) is 13.1. The summed E-state index contributed by atoms with van der Waals surface area (Å²) in [6.07, 6.45) is 3.43. The minimum Gasteiger partial charge on any atom is -0.443 e. The molecule has 0 saturated carbocycles. The summed E-state index contributed by atoms with van der Waals surface area (Å²) in [6, 6.07) is 3.87. The summed E-state index contributed by atoms with van der Waals surface area (Å²) in [5.41, 5.74) is 1.08. The van der Waals surface area contributed by atoms with E-state index >= 15 is 0 Å². The van der Waals surface area contributed by atoms with Gasteiger partial charge in [-0.2, -0.15) is 0 Å². The molecular weight excluding hydrogens is 291 g/mol. The van der Waals surface area contributed by atoms with Crippen LogP contribution in [0.15, 0.2) is 34.5 Å². The SMILES string of the molecule is CCc1ncnc(NCc2coc(-c3cccs3)n2)c1F. The molecule has 0 aliphatic carbocycles. The third-order valence-electron chi connectivity index (χ3n) is 2.92. The Balaban J connectivity index is 1.71. The monoisotopic (exact) mass is 304 g/mol. The number of hydrogen-bond donors (Lipinski definition) is 1. The number of thiophene rings is 1. The maximum absolute atomic E-state index is 14.0. The van der Waals surface area contributed by atoms with Gasteiger partial charge in [-0.1, -0.05) is 13.0 Å². The van der Waals surface area contributed by atoms with Crippen molar-refractivity contribution in [2.45, 2.75) is 19.9 Å². The maximum atomic E-state index is 14.0. The second kappa shape index (κ2) is 6.01. The van der Waals surface area contributed by atoms with Gasteiger partial charge >= 0.3 is 0 Å². The van der Waals surface area contributed by atoms with Gasteiger partial charge in [-0.25, -0.2) is 19.3 Å². The number of nitrogens with one attached hydrogen (secondary N) is 1. The number of aryl methyl sites for hydroxylation is 1. The van der Waals surface area contributed by atoms with Crippen LogP contribution in [-0.4, -0.2) is 15.0 Å². The fourth-order valence-electron chi connectivity index (χ4n) is 1.85. The largest absolute Gasteiger partial charge is 0.443 e. The Labute approximate surface area is 124 Å². The molecule has 0 aliphatic heterocycles.